The van der Waals surface area contributed by atoms with Gasteiger partial charge in [0, 0.05) is 22.9 Å². The van der Waals surface area contributed by atoms with Gasteiger partial charge in [0.25, 0.3) is 11.8 Å². The highest BCUT2D eigenvalue weighted by atomic mass is 19.1. The molecule has 1 aromatic heterocycles. The first kappa shape index (κ1) is 30.0. The zero-order valence-corrected chi connectivity index (χ0v) is 25.2. The molecule has 2 heterocycles. The fraction of sp³-hybridized carbons (Fsp3) is 0.105. The van der Waals surface area contributed by atoms with Crippen LogP contribution in [0.25, 0.3) is 23.0 Å². The number of hydrogen-bond donors (Lipinski definition) is 0. The maximum absolute atomic E-state index is 14.1. The van der Waals surface area contributed by atoms with Crippen molar-refractivity contribution in [2.24, 2.45) is 0 Å². The Bertz CT molecular complexity index is 2020. The van der Waals surface area contributed by atoms with Gasteiger partial charge in [0.2, 0.25) is 0 Å². The number of carbonyl (C=O) groups is 2. The fourth-order valence-electron chi connectivity index (χ4n) is 5.40. The van der Waals surface area contributed by atoms with Crippen molar-refractivity contribution in [3.63, 3.8) is 0 Å². The van der Waals surface area contributed by atoms with Gasteiger partial charge in [-0.2, -0.15) is 10.4 Å². The number of halogens is 1. The monoisotopic (exact) mass is 608 g/mol. The number of carbonyl (C=O) groups excluding carboxylic acids is 2. The van der Waals surface area contributed by atoms with E-state index >= 15 is 0 Å². The zero-order chi connectivity index (χ0) is 32.2. The number of para-hydroxylation sites is 1. The van der Waals surface area contributed by atoms with Crippen molar-refractivity contribution in [2.75, 3.05) is 0 Å². The summed E-state index contributed by atoms with van der Waals surface area (Å²) in [4.78, 5) is 28.7. The number of ether oxygens (including phenoxy) is 1. The maximum Gasteiger partial charge on any atom is 0.272 e. The van der Waals surface area contributed by atoms with Crippen LogP contribution in [-0.2, 0) is 16.2 Å². The standard InChI is InChI=1S/C38H29FN4O3/c1-25-34(37(44)43(38(45)35(25)22-40)26(2)28-10-5-3-6-11-28)21-30-23-42(32-13-7-4-8-14-32)41-36(30)29-12-9-15-33(20-29)46-24-27-16-18-31(39)19-17-27/h3-21,23,26H,24H2,1-2H3/b34-21+. The predicted molar refractivity (Wildman–Crippen MR) is 173 cm³/mol. The van der Waals surface area contributed by atoms with Crippen LogP contribution in [0.1, 0.15) is 36.6 Å². The van der Waals surface area contributed by atoms with Crippen molar-refractivity contribution in [3.8, 4) is 28.8 Å². The van der Waals surface area contributed by atoms with Gasteiger partial charge in [-0.25, -0.2) is 9.07 Å². The highest BCUT2D eigenvalue weighted by Crippen LogP contribution is 2.35. The molecule has 5 aromatic rings. The molecule has 7 nitrogen and oxygen atoms in total. The number of aromatic nitrogens is 2. The molecule has 1 aliphatic heterocycles. The lowest BCUT2D eigenvalue weighted by atomic mass is 9.91. The quantitative estimate of drug-likeness (QED) is 0.134. The molecule has 2 amide bonds. The number of nitrogens with zero attached hydrogens (tertiary/aromatic N) is 4. The molecule has 46 heavy (non-hydrogen) atoms. The second kappa shape index (κ2) is 12.9. The number of nitriles is 1. The van der Waals surface area contributed by atoms with E-state index in [0.29, 0.717) is 22.6 Å². The normalized spacial score (nSPS) is 14.8. The average molecular weight is 609 g/mol. The fourth-order valence-corrected chi connectivity index (χ4v) is 5.40. The Labute approximate surface area is 266 Å². The Kier molecular flexibility index (Phi) is 8.40. The summed E-state index contributed by atoms with van der Waals surface area (Å²) in [6, 6.07) is 33.8. The SMILES string of the molecule is CC1=C(C#N)C(=O)N(C(C)c2ccccc2)C(=O)/C1=C/c1cn(-c2ccccc2)nc1-c1cccc(OCc2ccc(F)cc2)c1. The summed E-state index contributed by atoms with van der Waals surface area (Å²) < 4.78 is 21.1. The first-order chi connectivity index (χ1) is 22.3. The van der Waals surface area contributed by atoms with E-state index in [2.05, 4.69) is 0 Å². The van der Waals surface area contributed by atoms with Crippen molar-refractivity contribution < 1.29 is 18.7 Å². The van der Waals surface area contributed by atoms with Gasteiger partial charge in [-0.05, 0) is 73.0 Å². The Morgan fingerprint density at radius 3 is 2.30 bits per heavy atom. The molecular formula is C38H29FN4O3. The third-order valence-corrected chi connectivity index (χ3v) is 7.93. The molecule has 1 unspecified atom stereocenters. The van der Waals surface area contributed by atoms with Gasteiger partial charge >= 0.3 is 0 Å². The van der Waals surface area contributed by atoms with Gasteiger partial charge in [-0.15, -0.1) is 0 Å². The van der Waals surface area contributed by atoms with Gasteiger partial charge in [-0.3, -0.25) is 14.5 Å². The van der Waals surface area contributed by atoms with Crippen LogP contribution in [0.15, 0.2) is 132 Å². The van der Waals surface area contributed by atoms with Crippen molar-refractivity contribution >= 4 is 17.9 Å². The molecular weight excluding hydrogens is 579 g/mol. The van der Waals surface area contributed by atoms with Gasteiger partial charge in [0.05, 0.1) is 11.7 Å². The Balaban J connectivity index is 1.43. The molecule has 0 fully saturated rings. The van der Waals surface area contributed by atoms with Crippen molar-refractivity contribution in [1.29, 1.82) is 5.26 Å². The lowest BCUT2D eigenvalue weighted by Gasteiger charge is -2.32. The minimum Gasteiger partial charge on any atom is -0.489 e. The van der Waals surface area contributed by atoms with Crippen LogP contribution in [0.5, 0.6) is 5.75 Å². The summed E-state index contributed by atoms with van der Waals surface area (Å²) >= 11 is 0. The van der Waals surface area contributed by atoms with E-state index in [1.54, 1.807) is 36.7 Å². The van der Waals surface area contributed by atoms with E-state index in [1.165, 1.54) is 12.1 Å². The second-order valence-electron chi connectivity index (χ2n) is 10.9. The summed E-state index contributed by atoms with van der Waals surface area (Å²) in [6.07, 6.45) is 3.51. The predicted octanol–water partition coefficient (Wildman–Crippen LogP) is 7.61. The van der Waals surface area contributed by atoms with Crippen LogP contribution >= 0.6 is 0 Å². The van der Waals surface area contributed by atoms with Crippen LogP contribution in [0.3, 0.4) is 0 Å². The molecule has 0 bridgehead atoms. The van der Waals surface area contributed by atoms with Crippen LogP contribution in [0.2, 0.25) is 0 Å². The minimum atomic E-state index is -0.621. The molecule has 0 saturated carbocycles. The van der Waals surface area contributed by atoms with Crippen molar-refractivity contribution in [2.45, 2.75) is 26.5 Å². The van der Waals surface area contributed by atoms with Gasteiger partial charge in [0.15, 0.2) is 0 Å². The van der Waals surface area contributed by atoms with Gasteiger partial charge in [0.1, 0.15) is 35.5 Å². The second-order valence-corrected chi connectivity index (χ2v) is 10.9. The third kappa shape index (κ3) is 5.99. The smallest absolute Gasteiger partial charge is 0.272 e. The van der Waals surface area contributed by atoms with E-state index in [9.17, 15) is 19.2 Å². The molecule has 8 heteroatoms. The number of hydrogen-bond acceptors (Lipinski definition) is 5. The summed E-state index contributed by atoms with van der Waals surface area (Å²) in [7, 11) is 0. The van der Waals surface area contributed by atoms with Gasteiger partial charge in [-0.1, -0.05) is 72.8 Å². The summed E-state index contributed by atoms with van der Waals surface area (Å²) in [5, 5.41) is 14.9. The van der Waals surface area contributed by atoms with Crippen LogP contribution in [-0.4, -0.2) is 26.5 Å². The molecule has 0 spiro atoms. The zero-order valence-electron chi connectivity index (χ0n) is 25.2. The van der Waals surface area contributed by atoms with Crippen LogP contribution in [0, 0.1) is 17.1 Å². The molecule has 0 aliphatic carbocycles. The van der Waals surface area contributed by atoms with E-state index in [1.807, 2.05) is 97.2 Å². The molecule has 1 aliphatic rings. The lowest BCUT2D eigenvalue weighted by Crippen LogP contribution is -2.44. The number of amides is 2. The number of benzene rings is 4. The first-order valence-electron chi connectivity index (χ1n) is 14.7. The highest BCUT2D eigenvalue weighted by molar-refractivity contribution is 6.20. The van der Waals surface area contributed by atoms with Crippen LogP contribution in [0.4, 0.5) is 4.39 Å². The van der Waals surface area contributed by atoms with Crippen molar-refractivity contribution in [3.05, 3.63) is 155 Å². The number of imide groups is 1. The maximum atomic E-state index is 14.1. The molecule has 4 aromatic carbocycles. The largest absolute Gasteiger partial charge is 0.489 e. The van der Waals surface area contributed by atoms with Gasteiger partial charge < -0.3 is 4.74 Å². The van der Waals surface area contributed by atoms with E-state index < -0.39 is 17.9 Å². The lowest BCUT2D eigenvalue weighted by molar-refractivity contribution is -0.143. The minimum absolute atomic E-state index is 0.0816. The van der Waals surface area contributed by atoms with Crippen LogP contribution < -0.4 is 4.74 Å². The summed E-state index contributed by atoms with van der Waals surface area (Å²) in [5.74, 6) is -0.844. The molecule has 0 saturated heterocycles. The highest BCUT2D eigenvalue weighted by Gasteiger charge is 2.39. The Morgan fingerprint density at radius 1 is 0.913 bits per heavy atom. The van der Waals surface area contributed by atoms with E-state index in [-0.39, 0.29) is 23.6 Å². The van der Waals surface area contributed by atoms with E-state index in [4.69, 9.17) is 9.84 Å². The average Bonchev–Trinajstić information content (AvgIpc) is 3.51. The number of rotatable bonds is 8. The summed E-state index contributed by atoms with van der Waals surface area (Å²) in [5.41, 5.74) is 4.78. The molecule has 6 rings (SSSR count). The molecule has 0 N–H and O–H groups in total. The van der Waals surface area contributed by atoms with E-state index in [0.717, 1.165) is 27.3 Å². The Morgan fingerprint density at radius 2 is 1.61 bits per heavy atom. The summed E-state index contributed by atoms with van der Waals surface area (Å²) in [6.45, 7) is 3.64. The Hall–Kier alpha value is -6.07. The first-order valence-corrected chi connectivity index (χ1v) is 14.7. The third-order valence-electron chi connectivity index (χ3n) is 7.93. The molecule has 0 radical (unpaired) electrons. The molecule has 1 atom stereocenters. The molecule has 226 valence electrons. The topological polar surface area (TPSA) is 88.2 Å². The van der Waals surface area contributed by atoms with Crippen molar-refractivity contribution in [1.82, 2.24) is 14.7 Å².